The van der Waals surface area contributed by atoms with Gasteiger partial charge in [-0.2, -0.15) is 13.5 Å². The van der Waals surface area contributed by atoms with Crippen LogP contribution in [0.25, 0.3) is 5.69 Å². The van der Waals surface area contributed by atoms with Crippen molar-refractivity contribution in [2.24, 2.45) is 0 Å². The van der Waals surface area contributed by atoms with E-state index >= 15 is 0 Å². The van der Waals surface area contributed by atoms with Gasteiger partial charge in [-0.3, -0.25) is 4.18 Å². The van der Waals surface area contributed by atoms with E-state index < -0.39 is 15.7 Å². The van der Waals surface area contributed by atoms with Crippen LogP contribution in [0.3, 0.4) is 0 Å². The molecule has 5 aromatic rings. The first-order valence-electron chi connectivity index (χ1n) is 12.4. The third-order valence-corrected chi connectivity index (χ3v) is 7.89. The van der Waals surface area contributed by atoms with Crippen LogP contribution in [0.2, 0.25) is 0 Å². The SMILES string of the molecule is CCOS(=O)(=O)c1ccc(C)cc1-n1nccc1NC(c1ccccc1)(c1ccccc1)c1ccccc1. The zero-order valence-electron chi connectivity index (χ0n) is 21.3. The number of hydrogen-bond donors (Lipinski definition) is 1. The summed E-state index contributed by atoms with van der Waals surface area (Å²) in [4.78, 5) is 0.0569. The molecule has 6 nitrogen and oxygen atoms in total. The predicted octanol–water partition coefficient (Wildman–Crippen LogP) is 6.31. The molecule has 0 unspecified atom stereocenters. The molecule has 0 saturated carbocycles. The predicted molar refractivity (Wildman–Crippen MR) is 150 cm³/mol. The molecule has 0 bridgehead atoms. The van der Waals surface area contributed by atoms with Gasteiger partial charge < -0.3 is 5.32 Å². The minimum Gasteiger partial charge on any atom is -0.353 e. The monoisotopic (exact) mass is 523 g/mol. The first-order chi connectivity index (χ1) is 18.5. The zero-order chi connectivity index (χ0) is 26.6. The van der Waals surface area contributed by atoms with E-state index in [4.69, 9.17) is 4.18 Å². The zero-order valence-corrected chi connectivity index (χ0v) is 22.1. The van der Waals surface area contributed by atoms with E-state index in [9.17, 15) is 8.42 Å². The summed E-state index contributed by atoms with van der Waals surface area (Å²) in [6, 6.07) is 37.6. The molecule has 0 aliphatic rings. The molecule has 0 fully saturated rings. The minimum absolute atomic E-state index is 0.0407. The largest absolute Gasteiger partial charge is 0.353 e. The maximum absolute atomic E-state index is 13.0. The number of nitrogens with one attached hydrogen (secondary N) is 1. The van der Waals surface area contributed by atoms with Gasteiger partial charge in [-0.25, -0.2) is 4.68 Å². The van der Waals surface area contributed by atoms with Gasteiger partial charge in [0.2, 0.25) is 0 Å². The molecular formula is C31H29N3O3S. The molecule has 5 rings (SSSR count). The summed E-state index contributed by atoms with van der Waals surface area (Å²) in [7, 11) is -3.99. The highest BCUT2D eigenvalue weighted by molar-refractivity contribution is 7.86. The van der Waals surface area contributed by atoms with E-state index in [0.29, 0.717) is 11.5 Å². The van der Waals surface area contributed by atoms with Gasteiger partial charge in [-0.05, 0) is 48.2 Å². The van der Waals surface area contributed by atoms with Crippen molar-refractivity contribution in [2.45, 2.75) is 24.3 Å². The lowest BCUT2D eigenvalue weighted by atomic mass is 9.77. The standard InChI is InChI=1S/C31H29N3O3S/c1-3-37-38(35,36)29-20-19-24(2)23-28(29)34-30(21-22-32-34)33-31(25-13-7-4-8-14-25,26-15-9-5-10-16-26)27-17-11-6-12-18-27/h4-23,33H,3H2,1-2H3. The normalized spacial score (nSPS) is 11.8. The molecule has 0 saturated heterocycles. The first-order valence-corrected chi connectivity index (χ1v) is 13.9. The molecule has 0 aliphatic carbocycles. The van der Waals surface area contributed by atoms with Gasteiger partial charge in [-0.15, -0.1) is 0 Å². The fraction of sp³-hybridized carbons (Fsp3) is 0.129. The van der Waals surface area contributed by atoms with Crippen molar-refractivity contribution >= 4 is 15.9 Å². The molecule has 192 valence electrons. The van der Waals surface area contributed by atoms with Crippen molar-refractivity contribution in [3.05, 3.63) is 144 Å². The quantitative estimate of drug-likeness (QED) is 0.181. The van der Waals surface area contributed by atoms with Crippen molar-refractivity contribution in [2.75, 3.05) is 11.9 Å². The molecule has 1 aromatic heterocycles. The van der Waals surface area contributed by atoms with Crippen LogP contribution in [-0.4, -0.2) is 24.8 Å². The van der Waals surface area contributed by atoms with Crippen molar-refractivity contribution in [1.29, 1.82) is 0 Å². The Morgan fingerprint density at radius 2 is 1.32 bits per heavy atom. The highest BCUT2D eigenvalue weighted by Crippen LogP contribution is 2.40. The van der Waals surface area contributed by atoms with E-state index in [1.165, 1.54) is 0 Å². The van der Waals surface area contributed by atoms with Crippen LogP contribution in [-0.2, 0) is 19.8 Å². The van der Waals surface area contributed by atoms with E-state index in [1.54, 1.807) is 36.0 Å². The summed E-state index contributed by atoms with van der Waals surface area (Å²) in [5.74, 6) is 0.625. The van der Waals surface area contributed by atoms with Crippen LogP contribution in [0.1, 0.15) is 29.2 Å². The summed E-state index contributed by atoms with van der Waals surface area (Å²) >= 11 is 0. The molecule has 4 aromatic carbocycles. The van der Waals surface area contributed by atoms with Gasteiger partial charge in [0.25, 0.3) is 10.1 Å². The highest BCUT2D eigenvalue weighted by Gasteiger charge is 2.37. The molecule has 7 heteroatoms. The second kappa shape index (κ2) is 10.7. The Morgan fingerprint density at radius 1 is 0.789 bits per heavy atom. The fourth-order valence-electron chi connectivity index (χ4n) is 4.79. The third-order valence-electron chi connectivity index (χ3n) is 6.46. The minimum atomic E-state index is -3.99. The second-order valence-corrected chi connectivity index (χ2v) is 10.5. The van der Waals surface area contributed by atoms with Gasteiger partial charge >= 0.3 is 0 Å². The Bertz CT molecular complexity index is 1520. The number of nitrogens with zero attached hydrogens (tertiary/aromatic N) is 2. The molecule has 1 N–H and O–H groups in total. The Morgan fingerprint density at radius 3 is 1.82 bits per heavy atom. The fourth-order valence-corrected chi connectivity index (χ4v) is 5.86. The molecule has 0 radical (unpaired) electrons. The van der Waals surface area contributed by atoms with Crippen molar-refractivity contribution in [3.8, 4) is 5.69 Å². The van der Waals surface area contributed by atoms with Crippen LogP contribution in [0, 0.1) is 6.92 Å². The average Bonchev–Trinajstić information content (AvgIpc) is 3.41. The summed E-state index contributed by atoms with van der Waals surface area (Å²) in [6.07, 6.45) is 1.66. The van der Waals surface area contributed by atoms with Crippen LogP contribution in [0.4, 0.5) is 5.82 Å². The lowest BCUT2D eigenvalue weighted by molar-refractivity contribution is 0.338. The number of aromatic nitrogens is 2. The molecular weight excluding hydrogens is 494 g/mol. The Hall–Kier alpha value is -4.20. The number of hydrogen-bond acceptors (Lipinski definition) is 5. The van der Waals surface area contributed by atoms with Gasteiger partial charge in [0.15, 0.2) is 0 Å². The molecule has 0 aliphatic heterocycles. The second-order valence-electron chi connectivity index (χ2n) is 8.93. The van der Waals surface area contributed by atoms with Gasteiger partial charge in [0.1, 0.15) is 16.3 Å². The number of aryl methyl sites for hydroxylation is 1. The molecule has 0 amide bonds. The summed E-state index contributed by atoms with van der Waals surface area (Å²) < 4.78 is 32.9. The molecule has 38 heavy (non-hydrogen) atoms. The van der Waals surface area contributed by atoms with E-state index in [-0.39, 0.29) is 11.5 Å². The number of anilines is 1. The maximum Gasteiger partial charge on any atom is 0.299 e. The van der Waals surface area contributed by atoms with E-state index in [0.717, 1.165) is 22.3 Å². The smallest absolute Gasteiger partial charge is 0.299 e. The van der Waals surface area contributed by atoms with Crippen molar-refractivity contribution in [3.63, 3.8) is 0 Å². The summed E-state index contributed by atoms with van der Waals surface area (Å²) in [5.41, 5.74) is 3.58. The van der Waals surface area contributed by atoms with E-state index in [2.05, 4.69) is 46.8 Å². The van der Waals surface area contributed by atoms with E-state index in [1.807, 2.05) is 67.6 Å². The first kappa shape index (κ1) is 25.4. The van der Waals surface area contributed by atoms with Crippen LogP contribution >= 0.6 is 0 Å². The van der Waals surface area contributed by atoms with Crippen molar-refractivity contribution in [1.82, 2.24) is 9.78 Å². The lowest BCUT2D eigenvalue weighted by Crippen LogP contribution is -2.38. The van der Waals surface area contributed by atoms with Crippen molar-refractivity contribution < 1.29 is 12.6 Å². The summed E-state index contributed by atoms with van der Waals surface area (Å²) in [5, 5.41) is 8.34. The Balaban J connectivity index is 1.76. The Kier molecular flexibility index (Phi) is 7.13. The summed E-state index contributed by atoms with van der Waals surface area (Å²) in [6.45, 7) is 3.61. The molecule has 1 heterocycles. The Labute approximate surface area is 223 Å². The molecule has 0 spiro atoms. The van der Waals surface area contributed by atoms with Gasteiger partial charge in [0, 0.05) is 6.07 Å². The highest BCUT2D eigenvalue weighted by atomic mass is 32.2. The number of benzene rings is 4. The third kappa shape index (κ3) is 4.74. The topological polar surface area (TPSA) is 73.2 Å². The van der Waals surface area contributed by atoms with Gasteiger partial charge in [-0.1, -0.05) is 97.1 Å². The molecule has 0 atom stereocenters. The van der Waals surface area contributed by atoms with Crippen LogP contribution in [0.15, 0.2) is 126 Å². The maximum atomic E-state index is 13.0. The number of rotatable bonds is 9. The average molecular weight is 524 g/mol. The van der Waals surface area contributed by atoms with Crippen LogP contribution < -0.4 is 5.32 Å². The van der Waals surface area contributed by atoms with Crippen LogP contribution in [0.5, 0.6) is 0 Å². The van der Waals surface area contributed by atoms with Gasteiger partial charge in [0.05, 0.1) is 18.5 Å². The lowest BCUT2D eigenvalue weighted by Gasteiger charge is -2.37.